The van der Waals surface area contributed by atoms with Crippen LogP contribution in [0.2, 0.25) is 0 Å². The van der Waals surface area contributed by atoms with E-state index in [9.17, 15) is 19.5 Å². The highest BCUT2D eigenvalue weighted by molar-refractivity contribution is 5.90. The van der Waals surface area contributed by atoms with Crippen LogP contribution in [0.4, 0.5) is 0 Å². The van der Waals surface area contributed by atoms with Crippen molar-refractivity contribution in [2.75, 3.05) is 20.7 Å². The van der Waals surface area contributed by atoms with Crippen LogP contribution in [0.25, 0.3) is 0 Å². The van der Waals surface area contributed by atoms with Gasteiger partial charge in [-0.1, -0.05) is 26.0 Å². The van der Waals surface area contributed by atoms with Crippen LogP contribution in [0.5, 0.6) is 0 Å². The molecule has 2 heterocycles. The number of hydrogen-bond donors (Lipinski definition) is 2. The third-order valence-corrected chi connectivity index (χ3v) is 6.64. The van der Waals surface area contributed by atoms with Crippen LogP contribution in [0.1, 0.15) is 70.5 Å². The quantitative estimate of drug-likeness (QED) is 0.643. The van der Waals surface area contributed by atoms with Gasteiger partial charge < -0.3 is 20.1 Å². The number of likely N-dealkylation sites (N-methyl/N-ethyl adjacent to an activating group) is 1. The molecule has 2 aliphatic rings. The van der Waals surface area contributed by atoms with Gasteiger partial charge in [0.2, 0.25) is 11.8 Å². The zero-order valence-corrected chi connectivity index (χ0v) is 19.6. The fourth-order valence-electron chi connectivity index (χ4n) is 4.91. The Morgan fingerprint density at radius 3 is 2.44 bits per heavy atom. The molecular formula is C22H35N5O5. The standard InChI is InChI=1S/C22H35N5O5/c1-22(2,3)18(20(30)26-11-15(28)10-17(26)19(29)23-4)27-12-16(24-25-27)13-6-8-14(9-7-13)21(31)32-5/h12-15,17-18,28H,6-11H2,1-5H3,(H,23,29). The lowest BCUT2D eigenvalue weighted by Crippen LogP contribution is -2.49. The molecular weight excluding hydrogens is 414 g/mol. The predicted octanol–water partition coefficient (Wildman–Crippen LogP) is 1.02. The van der Waals surface area contributed by atoms with Crippen molar-refractivity contribution < 1.29 is 24.2 Å². The summed E-state index contributed by atoms with van der Waals surface area (Å²) in [5, 5.41) is 21.4. The monoisotopic (exact) mass is 449 g/mol. The zero-order valence-electron chi connectivity index (χ0n) is 19.6. The fraction of sp³-hybridized carbons (Fsp3) is 0.773. The number of aliphatic hydroxyl groups excluding tert-OH is 1. The molecule has 1 aliphatic carbocycles. The Bertz CT molecular complexity index is 840. The van der Waals surface area contributed by atoms with Crippen molar-refractivity contribution in [3.63, 3.8) is 0 Å². The van der Waals surface area contributed by atoms with Gasteiger partial charge in [-0.25, -0.2) is 4.68 Å². The summed E-state index contributed by atoms with van der Waals surface area (Å²) in [5.74, 6) is -0.604. The Kier molecular flexibility index (Phi) is 7.22. The van der Waals surface area contributed by atoms with Gasteiger partial charge in [-0.3, -0.25) is 14.4 Å². The Morgan fingerprint density at radius 1 is 1.22 bits per heavy atom. The number of esters is 1. The minimum absolute atomic E-state index is 0.0709. The topological polar surface area (TPSA) is 127 Å². The molecule has 3 unspecified atom stereocenters. The predicted molar refractivity (Wildman–Crippen MR) is 115 cm³/mol. The van der Waals surface area contributed by atoms with E-state index in [2.05, 4.69) is 15.6 Å². The number of nitrogens with zero attached hydrogens (tertiary/aromatic N) is 4. The molecule has 1 aromatic heterocycles. The molecule has 2 amide bonds. The highest BCUT2D eigenvalue weighted by Crippen LogP contribution is 2.38. The molecule has 10 heteroatoms. The summed E-state index contributed by atoms with van der Waals surface area (Å²) in [6, 6.07) is -1.38. The number of rotatable bonds is 5. The number of amides is 2. The first-order valence-electron chi connectivity index (χ1n) is 11.3. The SMILES string of the molecule is CNC(=O)C1CC(O)CN1C(=O)C(n1cc(C2CCC(C(=O)OC)CC2)nn1)C(C)(C)C. The van der Waals surface area contributed by atoms with E-state index in [1.165, 1.54) is 19.1 Å². The Balaban J connectivity index is 1.79. The van der Waals surface area contributed by atoms with Gasteiger partial charge in [0.25, 0.3) is 0 Å². The van der Waals surface area contributed by atoms with Crippen LogP contribution in [0, 0.1) is 11.3 Å². The molecule has 3 rings (SSSR count). The second-order valence-corrected chi connectivity index (χ2v) is 9.97. The minimum atomic E-state index is -0.738. The third kappa shape index (κ3) is 4.95. The summed E-state index contributed by atoms with van der Waals surface area (Å²) >= 11 is 0. The van der Waals surface area contributed by atoms with Gasteiger partial charge >= 0.3 is 5.97 Å². The van der Waals surface area contributed by atoms with E-state index in [0.717, 1.165) is 31.4 Å². The summed E-state index contributed by atoms with van der Waals surface area (Å²) in [5.41, 5.74) is 0.311. The molecule has 178 valence electrons. The summed E-state index contributed by atoms with van der Waals surface area (Å²) in [6.45, 7) is 5.95. The van der Waals surface area contributed by atoms with E-state index in [1.807, 2.05) is 27.0 Å². The maximum absolute atomic E-state index is 13.6. The number of carbonyl (C=O) groups is 3. The lowest BCUT2D eigenvalue weighted by atomic mass is 9.80. The van der Waals surface area contributed by atoms with Crippen molar-refractivity contribution in [1.82, 2.24) is 25.2 Å². The van der Waals surface area contributed by atoms with Crippen LogP contribution in [0.15, 0.2) is 6.20 Å². The van der Waals surface area contributed by atoms with E-state index in [0.29, 0.717) is 0 Å². The van der Waals surface area contributed by atoms with Crippen molar-refractivity contribution >= 4 is 17.8 Å². The molecule has 0 aromatic carbocycles. The number of nitrogens with one attached hydrogen (secondary N) is 1. The van der Waals surface area contributed by atoms with E-state index < -0.39 is 23.6 Å². The van der Waals surface area contributed by atoms with E-state index in [4.69, 9.17) is 4.74 Å². The largest absolute Gasteiger partial charge is 0.469 e. The summed E-state index contributed by atoms with van der Waals surface area (Å²) < 4.78 is 6.45. The van der Waals surface area contributed by atoms with Gasteiger partial charge in [-0.15, -0.1) is 5.10 Å². The smallest absolute Gasteiger partial charge is 0.308 e. The third-order valence-electron chi connectivity index (χ3n) is 6.64. The maximum Gasteiger partial charge on any atom is 0.308 e. The molecule has 0 radical (unpaired) electrons. The average Bonchev–Trinajstić information content (AvgIpc) is 3.38. The Hall–Kier alpha value is -2.49. The van der Waals surface area contributed by atoms with Gasteiger partial charge in [-0.2, -0.15) is 0 Å². The first kappa shape index (κ1) is 24.2. The first-order valence-corrected chi connectivity index (χ1v) is 11.3. The number of likely N-dealkylation sites (tertiary alicyclic amines) is 1. The van der Waals surface area contributed by atoms with Gasteiger partial charge in [-0.05, 0) is 31.1 Å². The molecule has 3 atom stereocenters. The number of hydrogen-bond acceptors (Lipinski definition) is 7. The van der Waals surface area contributed by atoms with E-state index >= 15 is 0 Å². The summed E-state index contributed by atoms with van der Waals surface area (Å²) in [7, 11) is 2.94. The van der Waals surface area contributed by atoms with Crippen LogP contribution in [-0.4, -0.2) is 75.6 Å². The van der Waals surface area contributed by atoms with Gasteiger partial charge in [0.1, 0.15) is 12.1 Å². The van der Waals surface area contributed by atoms with Crippen LogP contribution in [-0.2, 0) is 19.1 Å². The molecule has 32 heavy (non-hydrogen) atoms. The molecule has 2 N–H and O–H groups in total. The highest BCUT2D eigenvalue weighted by Gasteiger charge is 2.45. The van der Waals surface area contributed by atoms with Crippen molar-refractivity contribution in [1.29, 1.82) is 0 Å². The number of aliphatic hydroxyl groups is 1. The Labute approximate surface area is 188 Å². The molecule has 1 saturated carbocycles. The van der Waals surface area contributed by atoms with Gasteiger partial charge in [0, 0.05) is 32.1 Å². The van der Waals surface area contributed by atoms with Crippen molar-refractivity contribution in [2.45, 2.75) is 77.0 Å². The van der Waals surface area contributed by atoms with Crippen LogP contribution >= 0.6 is 0 Å². The maximum atomic E-state index is 13.6. The second kappa shape index (κ2) is 9.56. The Morgan fingerprint density at radius 2 is 1.88 bits per heavy atom. The fourth-order valence-corrected chi connectivity index (χ4v) is 4.91. The number of carbonyl (C=O) groups excluding carboxylic acids is 3. The van der Waals surface area contributed by atoms with E-state index in [-0.39, 0.29) is 42.6 Å². The summed E-state index contributed by atoms with van der Waals surface area (Å²) in [6.07, 6.45) is 4.40. The lowest BCUT2D eigenvalue weighted by molar-refractivity contribution is -0.146. The lowest BCUT2D eigenvalue weighted by Gasteiger charge is -2.34. The van der Waals surface area contributed by atoms with Gasteiger partial charge in [0.05, 0.1) is 24.8 Å². The first-order chi connectivity index (χ1) is 15.1. The molecule has 2 fully saturated rings. The molecule has 0 bridgehead atoms. The zero-order chi connectivity index (χ0) is 23.6. The van der Waals surface area contributed by atoms with Crippen LogP contribution in [0.3, 0.4) is 0 Å². The van der Waals surface area contributed by atoms with Crippen molar-refractivity contribution in [3.8, 4) is 0 Å². The molecule has 0 spiro atoms. The molecule has 1 aliphatic heterocycles. The van der Waals surface area contributed by atoms with E-state index in [1.54, 1.807) is 4.68 Å². The number of β-amino-alcohol motifs (C(OH)–C–C–N with tert-alkyl or cyclic N) is 1. The molecule has 10 nitrogen and oxygen atoms in total. The molecule has 1 aromatic rings. The number of aromatic nitrogens is 3. The number of methoxy groups -OCH3 is 1. The van der Waals surface area contributed by atoms with Crippen LogP contribution < -0.4 is 5.32 Å². The highest BCUT2D eigenvalue weighted by atomic mass is 16.5. The minimum Gasteiger partial charge on any atom is -0.469 e. The number of ether oxygens (including phenoxy) is 1. The average molecular weight is 450 g/mol. The molecule has 1 saturated heterocycles. The van der Waals surface area contributed by atoms with Gasteiger partial charge in [0.15, 0.2) is 0 Å². The summed E-state index contributed by atoms with van der Waals surface area (Å²) in [4.78, 5) is 39.2. The van der Waals surface area contributed by atoms with Crippen molar-refractivity contribution in [3.05, 3.63) is 11.9 Å². The van der Waals surface area contributed by atoms with Crippen molar-refractivity contribution in [2.24, 2.45) is 11.3 Å². The second-order valence-electron chi connectivity index (χ2n) is 9.97. The normalized spacial score (nSPS) is 27.1.